The van der Waals surface area contributed by atoms with Crippen molar-refractivity contribution >= 4 is 35.4 Å². The van der Waals surface area contributed by atoms with E-state index >= 15 is 0 Å². The summed E-state index contributed by atoms with van der Waals surface area (Å²) in [6.45, 7) is 5.04. The van der Waals surface area contributed by atoms with E-state index in [1.165, 1.54) is 6.08 Å². The summed E-state index contributed by atoms with van der Waals surface area (Å²) in [6.07, 6.45) is 16.4. The van der Waals surface area contributed by atoms with E-state index in [9.17, 15) is 14.0 Å². The zero-order chi connectivity index (χ0) is 27.5. The minimum atomic E-state index is -0.804. The topological polar surface area (TPSA) is 91.1 Å². The number of carbonyl (C=O) groups is 2. The first kappa shape index (κ1) is 31.4. The number of alkyl halides is 1. The van der Waals surface area contributed by atoms with Gasteiger partial charge >= 0.3 is 5.97 Å². The molecule has 0 fully saturated rings. The number of nitrogens with one attached hydrogen (secondary N) is 1. The second-order valence-electron chi connectivity index (χ2n) is 8.21. The van der Waals surface area contributed by atoms with E-state index in [4.69, 9.17) is 16.7 Å². The van der Waals surface area contributed by atoms with E-state index in [1.807, 2.05) is 26.0 Å². The van der Waals surface area contributed by atoms with Crippen LogP contribution in [-0.4, -0.2) is 42.1 Å². The molecule has 1 atom stereocenters. The quantitative estimate of drug-likeness (QED) is 0.152. The van der Waals surface area contributed by atoms with Gasteiger partial charge in [-0.05, 0) is 74.6 Å². The van der Waals surface area contributed by atoms with Crippen LogP contribution in [0.15, 0.2) is 94.3 Å². The van der Waals surface area contributed by atoms with Gasteiger partial charge in [0.15, 0.2) is 0 Å². The number of carboxylic acids is 1. The molecule has 0 saturated heterocycles. The Kier molecular flexibility index (Phi) is 15.9. The van der Waals surface area contributed by atoms with Crippen LogP contribution in [0.5, 0.6) is 0 Å². The molecule has 0 bridgehead atoms. The maximum absolute atomic E-state index is 12.8. The third-order valence-electron chi connectivity index (χ3n) is 5.19. The molecule has 6 nitrogen and oxygen atoms in total. The van der Waals surface area contributed by atoms with Crippen molar-refractivity contribution in [1.82, 2.24) is 5.32 Å². The van der Waals surface area contributed by atoms with Crippen molar-refractivity contribution < 1.29 is 19.1 Å². The van der Waals surface area contributed by atoms with Crippen molar-refractivity contribution in [2.45, 2.75) is 40.0 Å². The Bertz CT molecular complexity index is 1080. The Hall–Kier alpha value is -3.58. The van der Waals surface area contributed by atoms with Gasteiger partial charge in [0.05, 0.1) is 5.92 Å². The molecular formula is C29H35ClFN3O3. The number of amides is 1. The Morgan fingerprint density at radius 3 is 2.57 bits per heavy atom. The molecule has 1 aromatic rings. The Balaban J connectivity index is 2.90. The van der Waals surface area contributed by atoms with E-state index in [1.54, 1.807) is 68.1 Å². The molecule has 37 heavy (non-hydrogen) atoms. The zero-order valence-electron chi connectivity index (χ0n) is 21.5. The molecule has 1 unspecified atom stereocenters. The lowest BCUT2D eigenvalue weighted by Crippen LogP contribution is -2.26. The highest BCUT2D eigenvalue weighted by Gasteiger charge is 2.10. The summed E-state index contributed by atoms with van der Waals surface area (Å²) in [7, 11) is 0. The Morgan fingerprint density at radius 1 is 1.19 bits per heavy atom. The number of halogens is 2. The molecule has 0 aliphatic rings. The summed E-state index contributed by atoms with van der Waals surface area (Å²) < 4.78 is 12.4. The first-order chi connectivity index (χ1) is 17.8. The lowest BCUT2D eigenvalue weighted by Gasteiger charge is -2.06. The van der Waals surface area contributed by atoms with E-state index < -0.39 is 18.6 Å². The van der Waals surface area contributed by atoms with Crippen molar-refractivity contribution in [1.29, 1.82) is 0 Å². The molecular weight excluding hydrogens is 493 g/mol. The van der Waals surface area contributed by atoms with Gasteiger partial charge in [-0.3, -0.25) is 19.6 Å². The van der Waals surface area contributed by atoms with E-state index in [-0.39, 0.29) is 12.5 Å². The van der Waals surface area contributed by atoms with Crippen molar-refractivity contribution in [3.63, 3.8) is 0 Å². The number of nitrogens with zero attached hydrogens (tertiary/aromatic N) is 2. The van der Waals surface area contributed by atoms with E-state index in [0.29, 0.717) is 29.9 Å². The normalized spacial score (nSPS) is 14.4. The fraction of sp³-hybridized carbons (Fsp3) is 0.310. The Morgan fingerprint density at radius 2 is 1.92 bits per heavy atom. The van der Waals surface area contributed by atoms with Crippen LogP contribution >= 0.6 is 11.6 Å². The smallest absolute Gasteiger partial charge is 0.306 e. The van der Waals surface area contributed by atoms with E-state index in [2.05, 4.69) is 15.3 Å². The predicted octanol–water partition coefficient (Wildman–Crippen LogP) is 6.65. The molecule has 0 aliphatic carbocycles. The summed E-state index contributed by atoms with van der Waals surface area (Å²) in [5, 5.41) is 12.4. The number of hydrogen-bond donors (Lipinski definition) is 2. The van der Waals surface area contributed by atoms with Crippen LogP contribution in [0.3, 0.4) is 0 Å². The third-order valence-corrected chi connectivity index (χ3v) is 5.45. The first-order valence-electron chi connectivity index (χ1n) is 12.0. The average molecular weight is 528 g/mol. The molecule has 0 aliphatic heterocycles. The van der Waals surface area contributed by atoms with Crippen LogP contribution in [0.2, 0.25) is 5.02 Å². The lowest BCUT2D eigenvalue weighted by atomic mass is 10.0. The number of aliphatic imine (C=N–C) groups is 2. The van der Waals surface area contributed by atoms with Gasteiger partial charge in [0.1, 0.15) is 6.67 Å². The summed E-state index contributed by atoms with van der Waals surface area (Å²) in [6, 6.07) is 7.24. The number of allylic oxidation sites excluding steroid dienone is 4. The van der Waals surface area contributed by atoms with Gasteiger partial charge in [-0.1, -0.05) is 48.9 Å². The second-order valence-corrected chi connectivity index (χ2v) is 8.64. The van der Waals surface area contributed by atoms with Crippen molar-refractivity contribution in [3.8, 4) is 0 Å². The van der Waals surface area contributed by atoms with E-state index in [0.717, 1.165) is 16.8 Å². The molecule has 0 aromatic heterocycles. The van der Waals surface area contributed by atoms with Crippen molar-refractivity contribution in [2.75, 3.05) is 13.2 Å². The summed E-state index contributed by atoms with van der Waals surface area (Å²) in [5.41, 5.74) is 2.86. The van der Waals surface area contributed by atoms with Gasteiger partial charge in [-0.2, -0.15) is 0 Å². The summed E-state index contributed by atoms with van der Waals surface area (Å²) >= 11 is 5.88. The molecule has 198 valence electrons. The van der Waals surface area contributed by atoms with Crippen LogP contribution in [0.4, 0.5) is 4.39 Å². The number of carbonyl (C=O) groups excluding carboxylic acids is 1. The molecule has 1 aromatic carbocycles. The van der Waals surface area contributed by atoms with Crippen LogP contribution < -0.4 is 5.32 Å². The molecule has 0 heterocycles. The van der Waals surface area contributed by atoms with Gasteiger partial charge in [-0.15, -0.1) is 0 Å². The van der Waals surface area contributed by atoms with Crippen molar-refractivity contribution in [2.24, 2.45) is 15.9 Å². The minimum Gasteiger partial charge on any atom is -0.481 e. The maximum atomic E-state index is 12.8. The maximum Gasteiger partial charge on any atom is 0.306 e. The highest BCUT2D eigenvalue weighted by molar-refractivity contribution is 6.30. The number of rotatable bonds is 15. The molecule has 1 amide bonds. The van der Waals surface area contributed by atoms with Gasteiger partial charge in [-0.25, -0.2) is 4.39 Å². The molecule has 0 radical (unpaired) electrons. The van der Waals surface area contributed by atoms with Crippen molar-refractivity contribution in [3.05, 3.63) is 94.9 Å². The van der Waals surface area contributed by atoms with Crippen LogP contribution in [0.25, 0.3) is 0 Å². The Labute approximate surface area is 223 Å². The number of hydrogen-bond acceptors (Lipinski definition) is 4. The number of benzene rings is 1. The molecule has 1 rings (SSSR count). The minimum absolute atomic E-state index is 0.250. The zero-order valence-corrected chi connectivity index (χ0v) is 22.3. The average Bonchev–Trinajstić information content (AvgIpc) is 2.88. The molecule has 0 saturated carbocycles. The third kappa shape index (κ3) is 14.5. The first-order valence-corrected chi connectivity index (χ1v) is 12.4. The fourth-order valence-electron chi connectivity index (χ4n) is 2.92. The lowest BCUT2D eigenvalue weighted by molar-refractivity contribution is -0.141. The predicted molar refractivity (Wildman–Crippen MR) is 151 cm³/mol. The van der Waals surface area contributed by atoms with Gasteiger partial charge in [0, 0.05) is 41.5 Å². The summed E-state index contributed by atoms with van der Waals surface area (Å²) in [5.74, 6) is -1.52. The number of carboxylic acid groups (broad SMARTS) is 1. The SMILES string of the molecule is C/C=C(\C=C/CF)CNC(=O)C(/C=C/N=C(C)CCCC(C)C(=O)O)=C/C=C/N=Cc1ccc(Cl)cc1. The summed E-state index contributed by atoms with van der Waals surface area (Å²) in [4.78, 5) is 32.3. The molecule has 0 spiro atoms. The highest BCUT2D eigenvalue weighted by atomic mass is 35.5. The highest BCUT2D eigenvalue weighted by Crippen LogP contribution is 2.10. The van der Waals surface area contributed by atoms with Crippen LogP contribution in [0.1, 0.15) is 45.6 Å². The standard InChI is InChI=1S/C29H35ClFN3O3/c1-4-24(10-6-17-31)21-34-28(35)26(11-7-18-32-20-25-12-14-27(30)15-13-25)16-19-33-23(3)9-5-8-22(2)29(36)37/h4,6-7,10-16,18-20,22H,5,8-9,17,21H2,1-3H3,(H,34,35)(H,36,37)/b10-6-,18-7+,19-16+,24-4+,26-11+,32-20?,33-23?. The van der Waals surface area contributed by atoms with Gasteiger partial charge in [0.2, 0.25) is 0 Å². The van der Waals surface area contributed by atoms with Gasteiger partial charge in [0.25, 0.3) is 5.91 Å². The molecule has 8 heteroatoms. The monoisotopic (exact) mass is 527 g/mol. The van der Waals surface area contributed by atoms with Crippen LogP contribution in [-0.2, 0) is 9.59 Å². The largest absolute Gasteiger partial charge is 0.481 e. The fourth-order valence-corrected chi connectivity index (χ4v) is 3.04. The molecule has 2 N–H and O–H groups in total. The van der Waals surface area contributed by atoms with Gasteiger partial charge < -0.3 is 10.4 Å². The van der Waals surface area contributed by atoms with Crippen LogP contribution in [0, 0.1) is 5.92 Å². The number of aliphatic carboxylic acids is 1. The second kappa shape index (κ2) is 18.7.